The summed E-state index contributed by atoms with van der Waals surface area (Å²) < 4.78 is 11.7. The number of hydrogen-bond donors (Lipinski definition) is 1. The van der Waals surface area contributed by atoms with Gasteiger partial charge in [0, 0.05) is 11.1 Å². The van der Waals surface area contributed by atoms with Crippen molar-refractivity contribution in [3.8, 4) is 11.5 Å². The van der Waals surface area contributed by atoms with Crippen LogP contribution in [0.1, 0.15) is 55.6 Å². The molecular formula is C19H22O4. The van der Waals surface area contributed by atoms with Crippen molar-refractivity contribution < 1.29 is 19.4 Å². The maximum atomic E-state index is 12.3. The van der Waals surface area contributed by atoms with Gasteiger partial charge in [-0.05, 0) is 46.3 Å². The maximum Gasteiger partial charge on any atom is 0.204 e. The van der Waals surface area contributed by atoms with Gasteiger partial charge in [0.05, 0.1) is 12.0 Å². The third kappa shape index (κ3) is 3.04. The number of carbonyl (C=O) groups is 1. The van der Waals surface area contributed by atoms with Crippen molar-refractivity contribution >= 4 is 11.9 Å². The highest BCUT2D eigenvalue weighted by Crippen LogP contribution is 2.43. The highest BCUT2D eigenvalue weighted by Gasteiger charge is 2.33. The summed E-state index contributed by atoms with van der Waals surface area (Å²) in [6.45, 7) is 8.01. The molecule has 0 amide bonds. The Bertz CT molecular complexity index is 721. The molecule has 0 saturated carbocycles. The van der Waals surface area contributed by atoms with E-state index in [-0.39, 0.29) is 12.2 Å². The van der Waals surface area contributed by atoms with Crippen LogP contribution in [0.25, 0.3) is 6.08 Å². The fraction of sp³-hybridized carbons (Fsp3) is 0.421. The molecule has 1 N–H and O–H groups in total. The van der Waals surface area contributed by atoms with Crippen LogP contribution < -0.4 is 9.47 Å². The molecule has 1 aromatic rings. The molecule has 0 spiro atoms. The van der Waals surface area contributed by atoms with Gasteiger partial charge in [0.1, 0.15) is 17.1 Å². The second-order valence-corrected chi connectivity index (χ2v) is 6.87. The number of aliphatic hydroxyl groups excluding tert-OH is 1. The van der Waals surface area contributed by atoms with Gasteiger partial charge in [-0.15, -0.1) is 0 Å². The number of ketones is 1. The van der Waals surface area contributed by atoms with Gasteiger partial charge in [0.15, 0.2) is 5.78 Å². The third-order valence-corrected chi connectivity index (χ3v) is 4.01. The van der Waals surface area contributed by atoms with E-state index in [9.17, 15) is 9.90 Å². The van der Waals surface area contributed by atoms with E-state index in [1.54, 1.807) is 6.07 Å². The Kier molecular flexibility index (Phi) is 3.80. The van der Waals surface area contributed by atoms with Crippen LogP contribution in [0.5, 0.6) is 11.5 Å². The van der Waals surface area contributed by atoms with Crippen LogP contribution in [0, 0.1) is 0 Å². The van der Waals surface area contributed by atoms with Crippen molar-refractivity contribution in [3.05, 3.63) is 40.5 Å². The van der Waals surface area contributed by atoms with Crippen LogP contribution in [0.15, 0.2) is 23.8 Å². The van der Waals surface area contributed by atoms with Crippen LogP contribution in [0.4, 0.5) is 0 Å². The number of aliphatic hydroxyl groups is 1. The van der Waals surface area contributed by atoms with Gasteiger partial charge < -0.3 is 14.6 Å². The first kappa shape index (κ1) is 15.8. The molecule has 4 nitrogen and oxygen atoms in total. The van der Waals surface area contributed by atoms with Crippen LogP contribution >= 0.6 is 0 Å². The Morgan fingerprint density at radius 3 is 2.83 bits per heavy atom. The van der Waals surface area contributed by atoms with Gasteiger partial charge in [-0.3, -0.25) is 4.79 Å². The zero-order valence-corrected chi connectivity index (χ0v) is 14.0. The van der Waals surface area contributed by atoms with Gasteiger partial charge in [-0.2, -0.15) is 0 Å². The third-order valence-electron chi connectivity index (χ3n) is 4.01. The fourth-order valence-electron chi connectivity index (χ4n) is 2.84. The van der Waals surface area contributed by atoms with Crippen molar-refractivity contribution in [2.75, 3.05) is 0 Å². The normalized spacial score (nSPS) is 20.9. The molecule has 1 aromatic carbocycles. The number of Topliss-reactive ketones (excluding diaryl/α,β-unsaturated/α-hetero) is 1. The topological polar surface area (TPSA) is 55.8 Å². The van der Waals surface area contributed by atoms with Crippen molar-refractivity contribution in [1.29, 1.82) is 0 Å². The fourth-order valence-corrected chi connectivity index (χ4v) is 2.84. The first-order chi connectivity index (χ1) is 10.8. The summed E-state index contributed by atoms with van der Waals surface area (Å²) in [5.74, 6) is 1.09. The number of fused-ring (bicyclic) bond motifs is 2. The molecule has 0 aliphatic carbocycles. The molecule has 1 atom stereocenters. The summed E-state index contributed by atoms with van der Waals surface area (Å²) in [5, 5.41) is 9.82. The van der Waals surface area contributed by atoms with E-state index in [4.69, 9.17) is 9.47 Å². The number of carbonyl (C=O) groups excluding carboxylic acids is 1. The predicted octanol–water partition coefficient (Wildman–Crippen LogP) is 3.66. The number of allylic oxidation sites excluding steroid dienone is 2. The van der Waals surface area contributed by atoms with E-state index >= 15 is 0 Å². The van der Waals surface area contributed by atoms with Gasteiger partial charge >= 0.3 is 0 Å². The lowest BCUT2D eigenvalue weighted by atomic mass is 9.91. The molecule has 3 rings (SSSR count). The Hall–Kier alpha value is -2.07. The molecule has 0 fully saturated rings. The summed E-state index contributed by atoms with van der Waals surface area (Å²) in [6.07, 6.45) is 5.53. The molecule has 23 heavy (non-hydrogen) atoms. The number of benzene rings is 1. The van der Waals surface area contributed by atoms with E-state index < -0.39 is 11.9 Å². The van der Waals surface area contributed by atoms with Crippen molar-refractivity contribution in [1.82, 2.24) is 0 Å². The SMILES string of the molecule is CC(C)=CCc1c2c(cc3c1O[C@H](O)CC3=O)C=CC(C)(C)O2. The summed E-state index contributed by atoms with van der Waals surface area (Å²) in [4.78, 5) is 12.3. The Balaban J connectivity index is 2.21. The second kappa shape index (κ2) is 5.53. The van der Waals surface area contributed by atoms with E-state index in [2.05, 4.69) is 6.08 Å². The van der Waals surface area contributed by atoms with Crippen LogP contribution in [0.2, 0.25) is 0 Å². The molecule has 2 aliphatic heterocycles. The summed E-state index contributed by atoms with van der Waals surface area (Å²) in [6, 6.07) is 1.80. The first-order valence-corrected chi connectivity index (χ1v) is 7.86. The summed E-state index contributed by atoms with van der Waals surface area (Å²) in [7, 11) is 0. The lowest BCUT2D eigenvalue weighted by molar-refractivity contribution is -0.0254. The summed E-state index contributed by atoms with van der Waals surface area (Å²) in [5.41, 5.74) is 2.98. The smallest absolute Gasteiger partial charge is 0.204 e. The minimum atomic E-state index is -1.09. The minimum absolute atomic E-state index is 0.00998. The highest BCUT2D eigenvalue weighted by molar-refractivity contribution is 6.01. The van der Waals surface area contributed by atoms with E-state index in [1.807, 2.05) is 39.8 Å². The molecule has 0 unspecified atom stereocenters. The van der Waals surface area contributed by atoms with Gasteiger partial charge in [0.2, 0.25) is 6.29 Å². The van der Waals surface area contributed by atoms with Crippen LogP contribution in [-0.4, -0.2) is 22.8 Å². The number of hydrogen-bond acceptors (Lipinski definition) is 4. The van der Waals surface area contributed by atoms with Gasteiger partial charge in [-0.25, -0.2) is 0 Å². The standard InChI is InChI=1S/C19H22O4/c1-11(2)5-6-13-17-12(7-8-19(3,4)23-17)9-14-15(20)10-16(21)22-18(13)14/h5,7-9,16,21H,6,10H2,1-4H3/t16-/m0/s1. The minimum Gasteiger partial charge on any atom is -0.483 e. The van der Waals surface area contributed by atoms with Crippen molar-refractivity contribution in [2.45, 2.75) is 52.4 Å². The van der Waals surface area contributed by atoms with E-state index in [1.165, 1.54) is 5.57 Å². The quantitative estimate of drug-likeness (QED) is 0.846. The first-order valence-electron chi connectivity index (χ1n) is 7.86. The van der Waals surface area contributed by atoms with E-state index in [0.717, 1.165) is 16.9 Å². The van der Waals surface area contributed by atoms with Crippen molar-refractivity contribution in [3.63, 3.8) is 0 Å². The maximum absolute atomic E-state index is 12.3. The van der Waals surface area contributed by atoms with Crippen LogP contribution in [-0.2, 0) is 6.42 Å². The summed E-state index contributed by atoms with van der Waals surface area (Å²) >= 11 is 0. The van der Waals surface area contributed by atoms with Gasteiger partial charge in [-0.1, -0.05) is 17.7 Å². The lowest BCUT2D eigenvalue weighted by Gasteiger charge is -2.32. The average Bonchev–Trinajstić information content (AvgIpc) is 2.43. The highest BCUT2D eigenvalue weighted by atomic mass is 16.6. The van der Waals surface area contributed by atoms with Crippen molar-refractivity contribution in [2.24, 2.45) is 0 Å². The van der Waals surface area contributed by atoms with E-state index in [0.29, 0.717) is 17.7 Å². The average molecular weight is 314 g/mol. The zero-order valence-electron chi connectivity index (χ0n) is 14.0. The Labute approximate surface area is 136 Å². The molecule has 0 saturated heterocycles. The molecule has 122 valence electrons. The molecular weight excluding hydrogens is 292 g/mol. The molecule has 2 aliphatic rings. The molecule has 2 heterocycles. The van der Waals surface area contributed by atoms with Gasteiger partial charge in [0.25, 0.3) is 0 Å². The van der Waals surface area contributed by atoms with Crippen LogP contribution in [0.3, 0.4) is 0 Å². The zero-order chi connectivity index (χ0) is 16.8. The Morgan fingerprint density at radius 1 is 1.39 bits per heavy atom. The lowest BCUT2D eigenvalue weighted by Crippen LogP contribution is -2.31. The second-order valence-electron chi connectivity index (χ2n) is 6.87. The number of rotatable bonds is 2. The predicted molar refractivity (Wildman–Crippen MR) is 88.9 cm³/mol. The Morgan fingerprint density at radius 2 is 2.13 bits per heavy atom. The molecule has 0 aromatic heterocycles. The number of ether oxygens (including phenoxy) is 2. The molecule has 0 bridgehead atoms. The largest absolute Gasteiger partial charge is 0.483 e. The molecule has 0 radical (unpaired) electrons. The molecule has 4 heteroatoms. The monoisotopic (exact) mass is 314 g/mol.